The number of rotatable bonds is 5. The van der Waals surface area contributed by atoms with Crippen LogP contribution in [0.2, 0.25) is 0 Å². The highest BCUT2D eigenvalue weighted by Crippen LogP contribution is 2.38. The molecule has 23 heavy (non-hydrogen) atoms. The lowest BCUT2D eigenvalue weighted by molar-refractivity contribution is 0.0526. The van der Waals surface area contributed by atoms with Gasteiger partial charge in [-0.25, -0.2) is 4.79 Å². The number of fused-ring (bicyclic) bond motifs is 1. The first-order chi connectivity index (χ1) is 11.2. The second-order valence-electron chi connectivity index (χ2n) is 5.97. The number of benzene rings is 1. The molecule has 1 aliphatic carbocycles. The molecule has 0 radical (unpaired) electrons. The average Bonchev–Trinajstić information content (AvgIpc) is 2.93. The van der Waals surface area contributed by atoms with Crippen molar-refractivity contribution in [3.8, 4) is 0 Å². The van der Waals surface area contributed by atoms with Crippen LogP contribution in [0.15, 0.2) is 24.3 Å². The van der Waals surface area contributed by atoms with E-state index in [1.165, 1.54) is 28.0 Å². The van der Waals surface area contributed by atoms with Crippen molar-refractivity contribution in [3.63, 3.8) is 0 Å². The molecule has 1 aliphatic rings. The van der Waals surface area contributed by atoms with Crippen LogP contribution in [0.3, 0.4) is 0 Å². The predicted molar refractivity (Wildman–Crippen MR) is 95.4 cm³/mol. The van der Waals surface area contributed by atoms with Gasteiger partial charge < -0.3 is 10.1 Å². The molecule has 1 heterocycles. The Hall–Kier alpha value is -1.81. The van der Waals surface area contributed by atoms with Gasteiger partial charge in [0.25, 0.3) is 0 Å². The average molecular weight is 329 g/mol. The van der Waals surface area contributed by atoms with Crippen LogP contribution in [0, 0.1) is 6.92 Å². The number of carbonyl (C=O) groups is 1. The molecule has 0 fully saturated rings. The molecular weight excluding hydrogens is 306 g/mol. The zero-order valence-corrected chi connectivity index (χ0v) is 14.6. The lowest BCUT2D eigenvalue weighted by Gasteiger charge is -2.12. The topological polar surface area (TPSA) is 38.3 Å². The van der Waals surface area contributed by atoms with Gasteiger partial charge in [-0.2, -0.15) is 0 Å². The summed E-state index contributed by atoms with van der Waals surface area (Å²) in [5.74, 6) is -0.182. The minimum Gasteiger partial charge on any atom is -0.462 e. The van der Waals surface area contributed by atoms with E-state index in [0.29, 0.717) is 6.61 Å². The van der Waals surface area contributed by atoms with Crippen LogP contribution in [0.1, 0.15) is 51.7 Å². The fourth-order valence-electron chi connectivity index (χ4n) is 3.00. The highest BCUT2D eigenvalue weighted by Gasteiger charge is 2.26. The molecule has 0 saturated heterocycles. The molecule has 4 heteroatoms. The number of carbonyl (C=O) groups excluding carboxylic acids is 1. The van der Waals surface area contributed by atoms with Crippen LogP contribution >= 0.6 is 11.3 Å². The second-order valence-corrected chi connectivity index (χ2v) is 7.08. The second kappa shape index (κ2) is 7.18. The van der Waals surface area contributed by atoms with E-state index in [2.05, 4.69) is 36.5 Å². The van der Waals surface area contributed by atoms with Crippen LogP contribution in [-0.4, -0.2) is 12.6 Å². The number of hydrogen-bond donors (Lipinski definition) is 1. The first kappa shape index (κ1) is 16.1. The summed E-state index contributed by atoms with van der Waals surface area (Å²) in [7, 11) is 0. The molecule has 2 aromatic rings. The molecule has 1 aromatic carbocycles. The van der Waals surface area contributed by atoms with Crippen molar-refractivity contribution in [1.82, 2.24) is 0 Å². The molecule has 122 valence electrons. The van der Waals surface area contributed by atoms with Crippen molar-refractivity contribution in [1.29, 1.82) is 0 Å². The number of aryl methyl sites for hydroxylation is 2. The largest absolute Gasteiger partial charge is 0.462 e. The standard InChI is InChI=1S/C19H23NO2S/c1-3-22-19(21)17-15-6-4-5-7-16(15)23-18(17)20-12-14-10-8-13(2)9-11-14/h8-11,20H,3-7,12H2,1-2H3. The Bertz CT molecular complexity index is 688. The molecule has 0 amide bonds. The van der Waals surface area contributed by atoms with Gasteiger partial charge in [0.2, 0.25) is 0 Å². The quantitative estimate of drug-likeness (QED) is 0.806. The smallest absolute Gasteiger partial charge is 0.341 e. The van der Waals surface area contributed by atoms with Crippen LogP contribution < -0.4 is 5.32 Å². The fraction of sp³-hybridized carbons (Fsp3) is 0.421. The Balaban J connectivity index is 1.84. The van der Waals surface area contributed by atoms with Crippen LogP contribution in [0.25, 0.3) is 0 Å². The zero-order valence-electron chi connectivity index (χ0n) is 13.8. The molecule has 0 unspecified atom stereocenters. The van der Waals surface area contributed by atoms with Gasteiger partial charge in [0.1, 0.15) is 5.00 Å². The van der Waals surface area contributed by atoms with Crippen molar-refractivity contribution in [2.24, 2.45) is 0 Å². The summed E-state index contributed by atoms with van der Waals surface area (Å²) < 4.78 is 5.29. The lowest BCUT2D eigenvalue weighted by Crippen LogP contribution is -2.11. The van der Waals surface area contributed by atoms with E-state index < -0.39 is 0 Å². The van der Waals surface area contributed by atoms with Crippen molar-refractivity contribution in [2.75, 3.05) is 11.9 Å². The molecule has 0 bridgehead atoms. The monoisotopic (exact) mass is 329 g/mol. The van der Waals surface area contributed by atoms with Gasteiger partial charge in [-0.05, 0) is 50.7 Å². The third-order valence-corrected chi connectivity index (χ3v) is 5.47. The maximum atomic E-state index is 12.4. The highest BCUT2D eigenvalue weighted by molar-refractivity contribution is 7.16. The van der Waals surface area contributed by atoms with Crippen molar-refractivity contribution < 1.29 is 9.53 Å². The Morgan fingerprint density at radius 2 is 1.96 bits per heavy atom. The minimum absolute atomic E-state index is 0.182. The van der Waals surface area contributed by atoms with E-state index >= 15 is 0 Å². The van der Waals surface area contributed by atoms with E-state index in [0.717, 1.165) is 36.4 Å². The maximum Gasteiger partial charge on any atom is 0.341 e. The van der Waals surface area contributed by atoms with Crippen molar-refractivity contribution in [3.05, 3.63) is 51.4 Å². The third kappa shape index (κ3) is 3.58. The molecule has 0 atom stereocenters. The maximum absolute atomic E-state index is 12.4. The van der Waals surface area contributed by atoms with Gasteiger partial charge in [0, 0.05) is 11.4 Å². The molecule has 3 rings (SSSR count). The van der Waals surface area contributed by atoms with Crippen molar-refractivity contribution >= 4 is 22.3 Å². The molecule has 1 N–H and O–H groups in total. The van der Waals surface area contributed by atoms with E-state index in [-0.39, 0.29) is 5.97 Å². The van der Waals surface area contributed by atoms with Gasteiger partial charge in [0.05, 0.1) is 12.2 Å². The lowest BCUT2D eigenvalue weighted by atomic mass is 9.95. The predicted octanol–water partition coefficient (Wildman–Crippen LogP) is 4.72. The molecule has 1 aromatic heterocycles. The number of hydrogen-bond acceptors (Lipinski definition) is 4. The van der Waals surface area contributed by atoms with Crippen molar-refractivity contribution in [2.45, 2.75) is 46.1 Å². The summed E-state index contributed by atoms with van der Waals surface area (Å²) in [5, 5.41) is 4.43. The van der Waals surface area contributed by atoms with E-state index in [1.54, 1.807) is 11.3 Å². The van der Waals surface area contributed by atoms with Crippen LogP contribution in [0.5, 0.6) is 0 Å². The van der Waals surface area contributed by atoms with Gasteiger partial charge in [-0.3, -0.25) is 0 Å². The Morgan fingerprint density at radius 3 is 2.70 bits per heavy atom. The van der Waals surface area contributed by atoms with Gasteiger partial charge in [-0.1, -0.05) is 29.8 Å². The summed E-state index contributed by atoms with van der Waals surface area (Å²) in [5.41, 5.74) is 4.47. The SMILES string of the molecule is CCOC(=O)c1c(NCc2ccc(C)cc2)sc2c1CCCC2. The third-order valence-electron chi connectivity index (χ3n) is 4.22. The molecule has 0 saturated carbocycles. The number of anilines is 1. The number of nitrogens with one attached hydrogen (secondary N) is 1. The molecule has 0 aliphatic heterocycles. The van der Waals surface area contributed by atoms with E-state index in [4.69, 9.17) is 4.74 Å². The first-order valence-electron chi connectivity index (χ1n) is 8.30. The first-order valence-corrected chi connectivity index (χ1v) is 9.11. The Kier molecular flexibility index (Phi) is 5.01. The Morgan fingerprint density at radius 1 is 1.22 bits per heavy atom. The molecule has 0 spiro atoms. The molecular formula is C19H23NO2S. The summed E-state index contributed by atoms with van der Waals surface area (Å²) in [4.78, 5) is 13.8. The van der Waals surface area contributed by atoms with Gasteiger partial charge in [0.15, 0.2) is 0 Å². The summed E-state index contributed by atoms with van der Waals surface area (Å²) in [6.45, 7) is 5.09. The summed E-state index contributed by atoms with van der Waals surface area (Å²) in [6.07, 6.45) is 4.45. The Labute approximate surface area is 141 Å². The number of thiophene rings is 1. The summed E-state index contributed by atoms with van der Waals surface area (Å²) >= 11 is 1.73. The van der Waals surface area contributed by atoms with E-state index in [1.807, 2.05) is 6.92 Å². The normalized spacial score (nSPS) is 13.5. The van der Waals surface area contributed by atoms with Crippen LogP contribution in [0.4, 0.5) is 5.00 Å². The minimum atomic E-state index is -0.182. The molecule has 3 nitrogen and oxygen atoms in total. The highest BCUT2D eigenvalue weighted by atomic mass is 32.1. The number of esters is 1. The summed E-state index contributed by atoms with van der Waals surface area (Å²) in [6, 6.07) is 8.48. The van der Waals surface area contributed by atoms with Crippen LogP contribution in [-0.2, 0) is 24.1 Å². The van der Waals surface area contributed by atoms with E-state index in [9.17, 15) is 4.79 Å². The zero-order chi connectivity index (χ0) is 16.2. The number of ether oxygens (including phenoxy) is 1. The van der Waals surface area contributed by atoms with Gasteiger partial charge >= 0.3 is 5.97 Å². The fourth-order valence-corrected chi connectivity index (χ4v) is 4.27. The van der Waals surface area contributed by atoms with Gasteiger partial charge in [-0.15, -0.1) is 11.3 Å².